The van der Waals surface area contributed by atoms with Gasteiger partial charge in [-0.25, -0.2) is 14.8 Å². The molecule has 0 unspecified atom stereocenters. The van der Waals surface area contributed by atoms with Crippen LogP contribution in [0.15, 0.2) is 40.1 Å². The molecule has 3 aliphatic rings. The van der Waals surface area contributed by atoms with Crippen molar-refractivity contribution in [1.82, 2.24) is 0 Å². The Bertz CT molecular complexity index is 544. The number of hydrogen-bond donors (Lipinski definition) is 0. The summed E-state index contributed by atoms with van der Waals surface area (Å²) in [5.41, 5.74) is 0. The van der Waals surface area contributed by atoms with Gasteiger partial charge in [-0.2, -0.15) is 0 Å². The smallest absolute Gasteiger partial charge is 0.229 e. The summed E-state index contributed by atoms with van der Waals surface area (Å²) >= 11 is 0. The van der Waals surface area contributed by atoms with Crippen LogP contribution in [0.2, 0.25) is 0 Å². The fraction of sp³-hybridized carbons (Fsp3) is 0.429. The summed E-state index contributed by atoms with van der Waals surface area (Å²) in [5, 5.41) is 1.48. The van der Waals surface area contributed by atoms with Crippen molar-refractivity contribution in [3.8, 4) is 0 Å². The summed E-state index contributed by atoms with van der Waals surface area (Å²) in [6.45, 7) is 0. The second-order valence-corrected chi connectivity index (χ2v) is 4.81. The summed E-state index contributed by atoms with van der Waals surface area (Å²) in [6.07, 6.45) is 6.24. The van der Waals surface area contributed by atoms with E-state index in [2.05, 4.69) is 9.98 Å². The van der Waals surface area contributed by atoms with Crippen LogP contribution in [0, 0.1) is 11.8 Å². The molecule has 1 aromatic rings. The Kier molecular flexibility index (Phi) is 2.62. The molecule has 2 fully saturated rings. The van der Waals surface area contributed by atoms with E-state index >= 15 is 0 Å². The maximum absolute atomic E-state index is 10.1. The van der Waals surface area contributed by atoms with Crippen molar-refractivity contribution in [3.05, 3.63) is 40.8 Å². The van der Waals surface area contributed by atoms with Crippen molar-refractivity contribution < 1.29 is 4.79 Å². The molecule has 2 aliphatic carbocycles. The molecule has 17 heavy (non-hydrogen) atoms. The number of rotatable bonds is 1. The minimum atomic E-state index is 0.131. The summed E-state index contributed by atoms with van der Waals surface area (Å²) in [4.78, 5) is 17.9. The lowest BCUT2D eigenvalue weighted by Crippen LogP contribution is -2.19. The van der Waals surface area contributed by atoms with Crippen LogP contribution in [0.25, 0.3) is 0 Å². The van der Waals surface area contributed by atoms with E-state index in [1.807, 2.05) is 24.3 Å². The van der Waals surface area contributed by atoms with Gasteiger partial charge in [0.15, 0.2) is 5.94 Å². The van der Waals surface area contributed by atoms with Gasteiger partial charge in [0, 0.05) is 0 Å². The lowest BCUT2D eigenvalue weighted by atomic mass is 10.3. The molecule has 0 saturated heterocycles. The van der Waals surface area contributed by atoms with Crippen molar-refractivity contribution >= 4 is 5.94 Å². The third-order valence-electron chi connectivity index (χ3n) is 3.34. The van der Waals surface area contributed by atoms with Gasteiger partial charge in [-0.15, -0.1) is 0 Å². The van der Waals surface area contributed by atoms with Gasteiger partial charge in [-0.3, -0.25) is 0 Å². The monoisotopic (exact) mass is 226 g/mol. The summed E-state index contributed by atoms with van der Waals surface area (Å²) in [6, 6.07) is 7.32. The van der Waals surface area contributed by atoms with Gasteiger partial charge in [0.25, 0.3) is 0 Å². The van der Waals surface area contributed by atoms with Crippen LogP contribution in [-0.2, 0) is 4.79 Å². The maximum atomic E-state index is 10.1. The third kappa shape index (κ3) is 2.51. The van der Waals surface area contributed by atoms with E-state index < -0.39 is 0 Å². The predicted octanol–water partition coefficient (Wildman–Crippen LogP) is 1.42. The van der Waals surface area contributed by atoms with Crippen molar-refractivity contribution in [2.75, 3.05) is 0 Å². The van der Waals surface area contributed by atoms with Gasteiger partial charge in [0.05, 0.1) is 10.7 Å². The summed E-state index contributed by atoms with van der Waals surface area (Å²) in [7, 11) is 0. The van der Waals surface area contributed by atoms with E-state index in [1.54, 1.807) is 31.6 Å². The van der Waals surface area contributed by atoms with Gasteiger partial charge < -0.3 is 0 Å². The normalized spacial score (nSPS) is 20.4. The molecule has 2 saturated carbocycles. The van der Waals surface area contributed by atoms with Gasteiger partial charge >= 0.3 is 0 Å². The molecule has 0 aromatic heterocycles. The quantitative estimate of drug-likeness (QED) is 0.668. The first kappa shape index (κ1) is 10.4. The van der Waals surface area contributed by atoms with Crippen LogP contribution in [-0.4, -0.2) is 5.94 Å². The van der Waals surface area contributed by atoms with Crippen LogP contribution in [0.3, 0.4) is 0 Å². The highest BCUT2D eigenvalue weighted by Crippen LogP contribution is 2.49. The number of carbonyl (C=O) groups excluding carboxylic acids is 1. The van der Waals surface area contributed by atoms with Crippen LogP contribution >= 0.6 is 0 Å². The highest BCUT2D eigenvalue weighted by Gasteiger charge is 2.37. The molecule has 3 heteroatoms. The number of hydrogen-bond acceptors (Lipinski definition) is 3. The Morgan fingerprint density at radius 3 is 1.76 bits per heavy atom. The molecule has 0 amide bonds. The van der Waals surface area contributed by atoms with E-state index in [-0.39, 0.29) is 5.82 Å². The second-order valence-electron chi connectivity index (χ2n) is 4.81. The molecule has 0 spiro atoms. The number of nitrogens with zero attached hydrogens (tertiary/aromatic N) is 2. The lowest BCUT2D eigenvalue weighted by molar-refractivity contribution is 0.566. The molecule has 4 rings (SSSR count). The van der Waals surface area contributed by atoms with E-state index in [0.29, 0.717) is 0 Å². The number of benzene rings is 1. The average molecular weight is 226 g/mol. The molecule has 1 aromatic carbocycles. The zero-order valence-corrected chi connectivity index (χ0v) is 9.60. The van der Waals surface area contributed by atoms with Crippen LogP contribution < -0.4 is 10.7 Å². The Hall–Kier alpha value is -1.73. The van der Waals surface area contributed by atoms with Gasteiger partial charge in [0.2, 0.25) is 5.82 Å². The van der Waals surface area contributed by atoms with Crippen molar-refractivity contribution in [3.63, 3.8) is 0 Å². The Labute approximate surface area is 99.6 Å². The standard InChI is InChI=1S/C8H4N2O.C6H10/c11-5-8-9-6-3-1-2-4-7(6)10-8;1-2-5(1)6-3-4-6/h1-4H;5-6H,1-4H2. The highest BCUT2D eigenvalue weighted by atomic mass is 16.1. The Morgan fingerprint density at radius 1 is 0.941 bits per heavy atom. The largest absolute Gasteiger partial charge is 0.240 e. The highest BCUT2D eigenvalue weighted by molar-refractivity contribution is 5.51. The molecule has 3 nitrogen and oxygen atoms in total. The fourth-order valence-electron chi connectivity index (χ4n) is 2.09. The molecule has 86 valence electrons. The number of fused-ring (bicyclic) bond motifs is 1. The summed E-state index contributed by atoms with van der Waals surface area (Å²) in [5.74, 6) is 4.20. The third-order valence-corrected chi connectivity index (χ3v) is 3.34. The van der Waals surface area contributed by atoms with E-state index in [1.165, 1.54) is 11.8 Å². The molecule has 1 aliphatic heterocycles. The first-order chi connectivity index (χ1) is 8.36. The van der Waals surface area contributed by atoms with E-state index in [4.69, 9.17) is 0 Å². The molecule has 1 heterocycles. The molecule has 0 bridgehead atoms. The molecule has 0 radical (unpaired) electrons. The van der Waals surface area contributed by atoms with Crippen LogP contribution in [0.5, 0.6) is 0 Å². The first-order valence-corrected chi connectivity index (χ1v) is 6.14. The lowest BCUT2D eigenvalue weighted by Gasteiger charge is -1.77. The van der Waals surface area contributed by atoms with Crippen molar-refractivity contribution in [1.29, 1.82) is 0 Å². The van der Waals surface area contributed by atoms with Gasteiger partial charge in [-0.1, -0.05) is 12.1 Å². The molecule has 0 N–H and O–H groups in total. The predicted molar refractivity (Wildman–Crippen MR) is 63.4 cm³/mol. The second kappa shape index (κ2) is 4.27. The van der Waals surface area contributed by atoms with Crippen LogP contribution in [0.1, 0.15) is 25.7 Å². The molecule has 0 atom stereocenters. The molecular formula is C14H14N2O. The Balaban J connectivity index is 0.000000125. The van der Waals surface area contributed by atoms with Crippen molar-refractivity contribution in [2.24, 2.45) is 21.8 Å². The Morgan fingerprint density at radius 2 is 1.41 bits per heavy atom. The van der Waals surface area contributed by atoms with Gasteiger partial charge in [0.1, 0.15) is 0 Å². The topological polar surface area (TPSA) is 41.8 Å². The van der Waals surface area contributed by atoms with Gasteiger partial charge in [-0.05, 0) is 49.7 Å². The first-order valence-electron chi connectivity index (χ1n) is 6.14. The van der Waals surface area contributed by atoms with E-state index in [9.17, 15) is 4.79 Å². The van der Waals surface area contributed by atoms with Crippen LogP contribution in [0.4, 0.5) is 0 Å². The minimum absolute atomic E-state index is 0.131. The molecular weight excluding hydrogens is 212 g/mol. The fourth-order valence-corrected chi connectivity index (χ4v) is 2.09. The van der Waals surface area contributed by atoms with E-state index in [0.717, 1.165) is 10.7 Å². The zero-order valence-electron chi connectivity index (χ0n) is 9.60. The average Bonchev–Trinajstić information content (AvgIpc) is 3.21. The zero-order chi connectivity index (χ0) is 11.7. The SMILES string of the molecule is C1CC1C1CC1.O=C=C1N=c2ccccc2=N1. The van der Waals surface area contributed by atoms with Crippen molar-refractivity contribution in [2.45, 2.75) is 25.7 Å². The summed E-state index contributed by atoms with van der Waals surface area (Å²) < 4.78 is 0. The number of para-hydroxylation sites is 2. The maximum Gasteiger partial charge on any atom is 0.240 e. The minimum Gasteiger partial charge on any atom is -0.229 e.